The Morgan fingerprint density at radius 2 is 1.41 bits per heavy atom. The average Bonchev–Trinajstić information content (AvgIpc) is 2.36. The highest BCUT2D eigenvalue weighted by Gasteiger charge is 2.24. The monoisotopic (exact) mass is 246 g/mol. The number of hydrogen-bond donors (Lipinski definition) is 6. The molecule has 9 nitrogen and oxygen atoms in total. The van der Waals surface area contributed by atoms with Crippen molar-refractivity contribution in [3.63, 3.8) is 0 Å². The smallest absolute Gasteiger partial charge is 0.246 e. The van der Waals surface area contributed by atoms with Crippen LogP contribution in [0.5, 0.6) is 0 Å². The molecule has 3 amide bonds. The van der Waals surface area contributed by atoms with Crippen LogP contribution in [0.3, 0.4) is 0 Å². The Hall–Kier alpha value is -1.71. The van der Waals surface area contributed by atoms with Gasteiger partial charge in [0.05, 0.1) is 0 Å². The molecule has 17 heavy (non-hydrogen) atoms. The number of carbonyl (C=O) groups is 3. The van der Waals surface area contributed by atoms with E-state index in [4.69, 9.17) is 17.5 Å². The summed E-state index contributed by atoms with van der Waals surface area (Å²) in [6, 6.07) is 0. The number of nitrogens with one attached hydrogen (secondary N) is 3. The molecule has 98 valence electrons. The highest BCUT2D eigenvalue weighted by molar-refractivity contribution is 5.99. The van der Waals surface area contributed by atoms with Crippen molar-refractivity contribution < 1.29 is 14.4 Å². The van der Waals surface area contributed by atoms with Gasteiger partial charge in [-0.1, -0.05) is 6.42 Å². The number of nitrogens with two attached hydrogens (primary N) is 3. The van der Waals surface area contributed by atoms with E-state index in [9.17, 15) is 14.4 Å². The van der Waals surface area contributed by atoms with E-state index in [1.807, 2.05) is 16.3 Å². The molecule has 9 N–H and O–H groups in total. The highest BCUT2D eigenvalue weighted by atomic mass is 16.2. The minimum Gasteiger partial charge on any atom is -0.294 e. The van der Waals surface area contributed by atoms with Gasteiger partial charge in [0, 0.05) is 6.42 Å². The van der Waals surface area contributed by atoms with Gasteiger partial charge < -0.3 is 0 Å². The van der Waals surface area contributed by atoms with Crippen molar-refractivity contribution in [2.45, 2.75) is 25.7 Å². The lowest BCUT2D eigenvalue weighted by Gasteiger charge is -2.12. The molecule has 0 unspecified atom stereocenters. The lowest BCUT2D eigenvalue weighted by atomic mass is 9.99. The van der Waals surface area contributed by atoms with E-state index in [2.05, 4.69) is 0 Å². The highest BCUT2D eigenvalue weighted by Crippen LogP contribution is 2.10. The van der Waals surface area contributed by atoms with Crippen LogP contribution in [0.15, 0.2) is 0 Å². The van der Waals surface area contributed by atoms with Crippen LogP contribution in [0.25, 0.3) is 0 Å². The maximum atomic E-state index is 11.2. The molecule has 0 spiro atoms. The van der Waals surface area contributed by atoms with Crippen molar-refractivity contribution in [2.75, 3.05) is 0 Å². The molecule has 0 fully saturated rings. The Kier molecular flexibility index (Phi) is 7.59. The van der Waals surface area contributed by atoms with Gasteiger partial charge in [0.25, 0.3) is 0 Å². The summed E-state index contributed by atoms with van der Waals surface area (Å²) in [5, 5.41) is 0. The van der Waals surface area contributed by atoms with Gasteiger partial charge in [0.2, 0.25) is 17.7 Å². The molecule has 0 aliphatic rings. The van der Waals surface area contributed by atoms with Gasteiger partial charge in [-0.3, -0.25) is 30.7 Å². The van der Waals surface area contributed by atoms with Crippen LogP contribution in [0, 0.1) is 5.92 Å². The first-order valence-electron chi connectivity index (χ1n) is 5.07. The van der Waals surface area contributed by atoms with Gasteiger partial charge in [-0.05, 0) is 12.8 Å². The maximum Gasteiger partial charge on any atom is 0.246 e. The summed E-state index contributed by atoms with van der Waals surface area (Å²) in [5.74, 6) is 12.3. The van der Waals surface area contributed by atoms with Crippen molar-refractivity contribution in [2.24, 2.45) is 23.4 Å². The Morgan fingerprint density at radius 1 is 0.882 bits per heavy atom. The number of carbonyl (C=O) groups excluding carboxylic acids is 3. The fraction of sp³-hybridized carbons (Fsp3) is 0.625. The summed E-state index contributed by atoms with van der Waals surface area (Å²) in [5.41, 5.74) is 5.76. The minimum absolute atomic E-state index is 0.234. The number of hydrazine groups is 3. The number of rotatable bonds is 7. The zero-order valence-corrected chi connectivity index (χ0v) is 9.36. The second-order valence-corrected chi connectivity index (χ2v) is 3.38. The molecule has 0 aromatic rings. The van der Waals surface area contributed by atoms with Crippen LogP contribution in [0.4, 0.5) is 0 Å². The van der Waals surface area contributed by atoms with Crippen molar-refractivity contribution in [1.29, 1.82) is 0 Å². The van der Waals surface area contributed by atoms with Crippen molar-refractivity contribution in [3.05, 3.63) is 0 Å². The normalized spacial score (nSPS) is 9.88. The first-order valence-corrected chi connectivity index (χ1v) is 5.07. The van der Waals surface area contributed by atoms with Gasteiger partial charge in [-0.15, -0.1) is 0 Å². The molecule has 0 saturated heterocycles. The third kappa shape index (κ3) is 5.80. The molecule has 9 heteroatoms. The Morgan fingerprint density at radius 3 is 1.82 bits per heavy atom. The molecule has 0 heterocycles. The summed E-state index contributed by atoms with van der Waals surface area (Å²) in [6.45, 7) is 0. The van der Waals surface area contributed by atoms with E-state index < -0.39 is 17.7 Å². The zero-order valence-electron chi connectivity index (χ0n) is 9.36. The lowest BCUT2D eigenvalue weighted by molar-refractivity contribution is -0.135. The first-order chi connectivity index (χ1) is 8.06. The van der Waals surface area contributed by atoms with E-state index in [0.717, 1.165) is 0 Å². The van der Waals surface area contributed by atoms with Gasteiger partial charge in [-0.2, -0.15) is 0 Å². The summed E-state index contributed by atoms with van der Waals surface area (Å²) >= 11 is 0. The standard InChI is InChI=1S/C8H18N6O3/c9-12-6(15)4-2-1-3-5(7(16)13-10)8(17)14-11/h5H,1-4,9-11H2,(H,12,15)(H,13,16)(H,14,17). The number of unbranched alkanes of at least 4 members (excludes halogenated alkanes) is 1. The topological polar surface area (TPSA) is 165 Å². The van der Waals surface area contributed by atoms with E-state index in [1.54, 1.807) is 0 Å². The van der Waals surface area contributed by atoms with Gasteiger partial charge >= 0.3 is 0 Å². The van der Waals surface area contributed by atoms with Gasteiger partial charge in [0.1, 0.15) is 5.92 Å². The minimum atomic E-state index is -0.953. The largest absolute Gasteiger partial charge is 0.294 e. The number of hydrogen-bond acceptors (Lipinski definition) is 6. The van der Waals surface area contributed by atoms with Crippen LogP contribution in [-0.2, 0) is 14.4 Å². The first kappa shape index (κ1) is 15.3. The van der Waals surface area contributed by atoms with E-state index in [-0.39, 0.29) is 18.7 Å². The second kappa shape index (κ2) is 8.44. The van der Waals surface area contributed by atoms with Crippen LogP contribution >= 0.6 is 0 Å². The fourth-order valence-electron chi connectivity index (χ4n) is 1.29. The maximum absolute atomic E-state index is 11.2. The molecular formula is C8H18N6O3. The molecule has 0 radical (unpaired) electrons. The summed E-state index contributed by atoms with van der Waals surface area (Å²) in [6.07, 6.45) is 1.50. The Bertz CT molecular complexity index is 266. The molecule has 0 rings (SSSR count). The summed E-state index contributed by atoms with van der Waals surface area (Å²) in [4.78, 5) is 33.3. The van der Waals surface area contributed by atoms with Crippen LogP contribution in [0.2, 0.25) is 0 Å². The molecule has 0 saturated carbocycles. The van der Waals surface area contributed by atoms with E-state index in [1.165, 1.54) is 0 Å². The summed E-state index contributed by atoms with van der Waals surface area (Å²) in [7, 11) is 0. The number of amides is 3. The molecular weight excluding hydrogens is 228 g/mol. The van der Waals surface area contributed by atoms with Gasteiger partial charge in [0.15, 0.2) is 0 Å². The average molecular weight is 246 g/mol. The van der Waals surface area contributed by atoms with Gasteiger partial charge in [-0.25, -0.2) is 17.5 Å². The van der Waals surface area contributed by atoms with Crippen molar-refractivity contribution >= 4 is 17.7 Å². The predicted octanol–water partition coefficient (Wildman–Crippen LogP) is -2.87. The van der Waals surface area contributed by atoms with E-state index >= 15 is 0 Å². The SMILES string of the molecule is NNC(=O)CCCCC(C(=O)NN)C(=O)NN. The Labute approximate surface area is 98.4 Å². The fourth-order valence-corrected chi connectivity index (χ4v) is 1.29. The molecule has 0 bridgehead atoms. The second-order valence-electron chi connectivity index (χ2n) is 3.38. The molecule has 0 aromatic carbocycles. The van der Waals surface area contributed by atoms with Crippen LogP contribution in [0.1, 0.15) is 25.7 Å². The Balaban J connectivity index is 4.05. The summed E-state index contributed by atoms with van der Waals surface area (Å²) < 4.78 is 0. The quantitative estimate of drug-likeness (QED) is 0.0928. The van der Waals surface area contributed by atoms with Crippen molar-refractivity contribution in [3.8, 4) is 0 Å². The molecule has 0 aromatic heterocycles. The van der Waals surface area contributed by atoms with Crippen LogP contribution < -0.4 is 33.8 Å². The van der Waals surface area contributed by atoms with E-state index in [0.29, 0.717) is 12.8 Å². The third-order valence-electron chi connectivity index (χ3n) is 2.23. The third-order valence-corrected chi connectivity index (χ3v) is 2.23. The zero-order chi connectivity index (χ0) is 13.3. The molecule has 0 aliphatic carbocycles. The van der Waals surface area contributed by atoms with Crippen LogP contribution in [-0.4, -0.2) is 17.7 Å². The van der Waals surface area contributed by atoms with Crippen molar-refractivity contribution in [1.82, 2.24) is 16.3 Å². The molecule has 0 aliphatic heterocycles. The molecule has 0 atom stereocenters. The lowest BCUT2D eigenvalue weighted by Crippen LogP contribution is -2.45. The predicted molar refractivity (Wildman–Crippen MR) is 58.9 cm³/mol.